The fourth-order valence-corrected chi connectivity index (χ4v) is 3.87. The maximum atomic E-state index is 12.7. The molecule has 33 heavy (non-hydrogen) atoms. The van der Waals surface area contributed by atoms with E-state index in [1.807, 2.05) is 30.3 Å². The Hall–Kier alpha value is -4.25. The van der Waals surface area contributed by atoms with Gasteiger partial charge in [-0.05, 0) is 56.3 Å². The van der Waals surface area contributed by atoms with Crippen LogP contribution < -0.4 is 5.32 Å². The minimum atomic E-state index is -0.185. The molecule has 0 atom stereocenters. The number of carbonyl (C=O) groups excluding carboxylic acids is 1. The Morgan fingerprint density at radius 1 is 0.788 bits per heavy atom. The van der Waals surface area contributed by atoms with E-state index in [4.69, 9.17) is 14.4 Å². The Kier molecular flexibility index (Phi) is 5.45. The lowest BCUT2D eigenvalue weighted by molar-refractivity contribution is 0.0948. The molecule has 2 aromatic heterocycles. The van der Waals surface area contributed by atoms with Crippen molar-refractivity contribution in [2.45, 2.75) is 20.4 Å². The fraction of sp³-hybridized carbons (Fsp3) is 0.107. The van der Waals surface area contributed by atoms with Crippen LogP contribution in [0, 0.1) is 13.8 Å². The van der Waals surface area contributed by atoms with E-state index in [1.54, 1.807) is 24.5 Å². The van der Waals surface area contributed by atoms with Crippen molar-refractivity contribution < 1.29 is 9.21 Å². The van der Waals surface area contributed by atoms with E-state index >= 15 is 0 Å². The van der Waals surface area contributed by atoms with Crippen molar-refractivity contribution in [1.29, 1.82) is 0 Å². The number of nitrogens with one attached hydrogen (secondary N) is 1. The molecule has 5 heteroatoms. The molecule has 5 rings (SSSR count). The molecule has 0 aliphatic heterocycles. The molecule has 1 N–H and O–H groups in total. The zero-order valence-corrected chi connectivity index (χ0v) is 18.5. The topological polar surface area (TPSA) is 68.0 Å². The van der Waals surface area contributed by atoms with Crippen molar-refractivity contribution in [3.63, 3.8) is 0 Å². The van der Waals surface area contributed by atoms with Gasteiger partial charge < -0.3 is 9.73 Å². The zero-order valence-electron chi connectivity index (χ0n) is 18.5. The van der Waals surface area contributed by atoms with Crippen molar-refractivity contribution >= 4 is 16.9 Å². The second-order valence-corrected chi connectivity index (χ2v) is 8.13. The van der Waals surface area contributed by atoms with E-state index in [0.717, 1.165) is 39.2 Å². The van der Waals surface area contributed by atoms with E-state index in [-0.39, 0.29) is 5.91 Å². The van der Waals surface area contributed by atoms with Crippen molar-refractivity contribution in [1.82, 2.24) is 15.3 Å². The summed E-state index contributed by atoms with van der Waals surface area (Å²) in [6, 6.07) is 25.5. The van der Waals surface area contributed by atoms with E-state index < -0.39 is 0 Å². The van der Waals surface area contributed by atoms with Crippen molar-refractivity contribution in [2.24, 2.45) is 0 Å². The van der Waals surface area contributed by atoms with Crippen LogP contribution in [-0.2, 0) is 6.54 Å². The fourth-order valence-electron chi connectivity index (χ4n) is 3.87. The number of nitrogens with zero attached hydrogens (tertiary/aromatic N) is 2. The number of benzene rings is 3. The van der Waals surface area contributed by atoms with E-state index in [1.165, 1.54) is 0 Å². The normalized spacial score (nSPS) is 11.0. The van der Waals surface area contributed by atoms with Crippen molar-refractivity contribution in [2.75, 3.05) is 0 Å². The molecule has 5 aromatic rings. The molecule has 0 aliphatic carbocycles. The predicted molar refractivity (Wildman–Crippen MR) is 130 cm³/mol. The summed E-state index contributed by atoms with van der Waals surface area (Å²) in [4.78, 5) is 22.7. The number of rotatable bonds is 5. The van der Waals surface area contributed by atoms with E-state index in [2.05, 4.69) is 49.5 Å². The first-order chi connectivity index (χ1) is 16.1. The predicted octanol–water partition coefficient (Wildman–Crippen LogP) is 6.10. The number of aryl methyl sites for hydroxylation is 2. The number of hydrogen-bond acceptors (Lipinski definition) is 4. The molecule has 3 aromatic carbocycles. The Bertz CT molecular complexity index is 1460. The molecular weight excluding hydrogens is 410 g/mol. The van der Waals surface area contributed by atoms with E-state index in [9.17, 15) is 4.79 Å². The summed E-state index contributed by atoms with van der Waals surface area (Å²) in [5.74, 6) is 0.517. The van der Waals surface area contributed by atoms with Crippen molar-refractivity contribution in [3.05, 3.63) is 108 Å². The average Bonchev–Trinajstić information content (AvgIpc) is 3.35. The summed E-state index contributed by atoms with van der Waals surface area (Å²) >= 11 is 0. The Balaban J connectivity index is 1.59. The van der Waals surface area contributed by atoms with E-state index in [0.29, 0.717) is 23.4 Å². The van der Waals surface area contributed by atoms with Crippen LogP contribution in [0.25, 0.3) is 33.5 Å². The second kappa shape index (κ2) is 8.71. The van der Waals surface area contributed by atoms with Gasteiger partial charge in [-0.15, -0.1) is 0 Å². The Labute approximate surface area is 192 Å². The van der Waals surface area contributed by atoms with Crippen LogP contribution in [0.15, 0.2) is 89.5 Å². The number of hydrogen-bond donors (Lipinski definition) is 1. The van der Waals surface area contributed by atoms with Gasteiger partial charge in [-0.25, -0.2) is 9.97 Å². The quantitative estimate of drug-likeness (QED) is 0.363. The Morgan fingerprint density at radius 2 is 1.45 bits per heavy atom. The largest absolute Gasteiger partial charge is 0.467 e. The van der Waals surface area contributed by atoms with Gasteiger partial charge in [0, 0.05) is 16.7 Å². The molecule has 0 unspecified atom stereocenters. The summed E-state index contributed by atoms with van der Waals surface area (Å²) in [6.07, 6.45) is 1.59. The van der Waals surface area contributed by atoms with Crippen LogP contribution in [0.2, 0.25) is 0 Å². The molecule has 5 nitrogen and oxygen atoms in total. The highest BCUT2D eigenvalue weighted by atomic mass is 16.3. The molecular formula is C28H23N3O2. The van der Waals surface area contributed by atoms with Gasteiger partial charge in [-0.1, -0.05) is 47.5 Å². The molecule has 1 amide bonds. The SMILES string of the molecule is Cc1cccc(-c2nc3ccc(C(=O)NCc4ccco4)cc3nc2-c2cccc(C)c2)c1. The third-order valence-electron chi connectivity index (χ3n) is 5.51. The molecule has 0 fully saturated rings. The third-order valence-corrected chi connectivity index (χ3v) is 5.51. The average molecular weight is 434 g/mol. The first-order valence-electron chi connectivity index (χ1n) is 10.8. The maximum absolute atomic E-state index is 12.7. The highest BCUT2D eigenvalue weighted by molar-refractivity contribution is 5.98. The molecule has 0 aliphatic rings. The first-order valence-corrected chi connectivity index (χ1v) is 10.8. The second-order valence-electron chi connectivity index (χ2n) is 8.13. The van der Waals surface area contributed by atoms with Gasteiger partial charge in [0.2, 0.25) is 0 Å². The standard InChI is InChI=1S/C28H23N3O2/c1-18-6-3-8-20(14-18)26-27(21-9-4-7-19(2)15-21)31-25-16-22(11-12-24(25)30-26)28(32)29-17-23-10-5-13-33-23/h3-16H,17H2,1-2H3,(H,29,32). The van der Waals surface area contributed by atoms with Crippen LogP contribution in [0.3, 0.4) is 0 Å². The van der Waals surface area contributed by atoms with Gasteiger partial charge in [0.25, 0.3) is 5.91 Å². The van der Waals surface area contributed by atoms with Crippen LogP contribution in [0.4, 0.5) is 0 Å². The van der Waals surface area contributed by atoms with Crippen LogP contribution in [-0.4, -0.2) is 15.9 Å². The molecule has 0 radical (unpaired) electrons. The third kappa shape index (κ3) is 4.39. The van der Waals surface area contributed by atoms with Crippen LogP contribution in [0.1, 0.15) is 27.2 Å². The summed E-state index contributed by atoms with van der Waals surface area (Å²) in [6.45, 7) is 4.46. The molecule has 2 heterocycles. The van der Waals surface area contributed by atoms with Crippen LogP contribution in [0.5, 0.6) is 0 Å². The lowest BCUT2D eigenvalue weighted by Gasteiger charge is -2.12. The monoisotopic (exact) mass is 433 g/mol. The first kappa shape index (κ1) is 20.6. The lowest BCUT2D eigenvalue weighted by atomic mass is 10.0. The number of aromatic nitrogens is 2. The molecule has 162 valence electrons. The maximum Gasteiger partial charge on any atom is 0.251 e. The molecule has 0 bridgehead atoms. The molecule has 0 spiro atoms. The zero-order chi connectivity index (χ0) is 22.8. The van der Waals surface area contributed by atoms with Crippen molar-refractivity contribution in [3.8, 4) is 22.5 Å². The smallest absolute Gasteiger partial charge is 0.251 e. The van der Waals surface area contributed by atoms with Gasteiger partial charge in [0.1, 0.15) is 5.76 Å². The number of furan rings is 1. The summed E-state index contributed by atoms with van der Waals surface area (Å²) in [5, 5.41) is 2.88. The lowest BCUT2D eigenvalue weighted by Crippen LogP contribution is -2.22. The Morgan fingerprint density at radius 3 is 2.06 bits per heavy atom. The number of amides is 1. The van der Waals surface area contributed by atoms with Gasteiger partial charge in [-0.2, -0.15) is 0 Å². The number of fused-ring (bicyclic) bond motifs is 1. The molecule has 0 saturated carbocycles. The van der Waals surface area contributed by atoms with Gasteiger partial charge in [0.05, 0.1) is 35.2 Å². The molecule has 0 saturated heterocycles. The van der Waals surface area contributed by atoms with Gasteiger partial charge >= 0.3 is 0 Å². The summed E-state index contributed by atoms with van der Waals surface area (Å²) < 4.78 is 5.29. The minimum Gasteiger partial charge on any atom is -0.467 e. The van der Waals surface area contributed by atoms with Gasteiger partial charge in [0.15, 0.2) is 0 Å². The van der Waals surface area contributed by atoms with Crippen LogP contribution >= 0.6 is 0 Å². The summed E-state index contributed by atoms with van der Waals surface area (Å²) in [7, 11) is 0. The highest BCUT2D eigenvalue weighted by Crippen LogP contribution is 2.32. The highest BCUT2D eigenvalue weighted by Gasteiger charge is 2.15. The van der Waals surface area contributed by atoms with Gasteiger partial charge in [-0.3, -0.25) is 4.79 Å². The minimum absolute atomic E-state index is 0.185. The number of carbonyl (C=O) groups is 1. The summed E-state index contributed by atoms with van der Waals surface area (Å²) in [5.41, 5.74) is 7.89.